The zero-order valence-electron chi connectivity index (χ0n) is 5.94. The molecule has 5 nitrogen and oxygen atoms in total. The summed E-state index contributed by atoms with van der Waals surface area (Å²) in [7, 11) is -0.750. The molecule has 0 aromatic carbocycles. The van der Waals surface area contributed by atoms with Gasteiger partial charge in [-0.1, -0.05) is 0 Å². The number of nitrogens with zero attached hydrogens (tertiary/aromatic N) is 1. The van der Waals surface area contributed by atoms with Crippen LogP contribution in [0, 0.1) is 0 Å². The zero-order valence-corrected chi connectivity index (χ0v) is 5.94. The van der Waals surface area contributed by atoms with Gasteiger partial charge in [-0.2, -0.15) is 0 Å². The molecule has 0 saturated heterocycles. The summed E-state index contributed by atoms with van der Waals surface area (Å²) in [6, 6.07) is 3.45. The second-order valence-electron chi connectivity index (χ2n) is 1.62. The van der Waals surface area contributed by atoms with Crippen LogP contribution in [0.5, 0.6) is 0 Å². The number of nitrogens with two attached hydrogens (primary N) is 2. The summed E-state index contributed by atoms with van der Waals surface area (Å²) in [5, 5.41) is 14.2. The van der Waals surface area contributed by atoms with Gasteiger partial charge in [0.15, 0.2) is 0 Å². The number of hydrogen-bond donors (Lipinski definition) is 4. The molecule has 1 aromatic rings. The molecule has 0 amide bonds. The van der Waals surface area contributed by atoms with Gasteiger partial charge in [0.2, 0.25) is 0 Å². The van der Waals surface area contributed by atoms with Crippen LogP contribution in [-0.4, -0.2) is 22.7 Å². The largest absolute Gasteiger partial charge is 0.432 e. The third-order valence-corrected chi connectivity index (χ3v) is 0.871. The van der Waals surface area contributed by atoms with Crippen molar-refractivity contribution in [3.8, 4) is 0 Å². The van der Waals surface area contributed by atoms with Crippen LogP contribution >= 0.6 is 0 Å². The minimum Gasteiger partial charge on any atom is -0.430 e. The summed E-state index contributed by atoms with van der Waals surface area (Å²) in [4.78, 5) is 3.73. The zero-order chi connectivity index (χ0) is 8.69. The molecule has 0 aliphatic rings. The molecule has 0 aliphatic carbocycles. The highest BCUT2D eigenvalue weighted by atomic mass is 16.4. The van der Waals surface area contributed by atoms with Crippen molar-refractivity contribution in [2.45, 2.75) is 0 Å². The van der Waals surface area contributed by atoms with E-state index in [2.05, 4.69) is 4.98 Å². The van der Waals surface area contributed by atoms with Gasteiger partial charge in [0.05, 0.1) is 5.69 Å². The van der Waals surface area contributed by atoms with Crippen molar-refractivity contribution >= 4 is 19.2 Å². The Hall–Kier alpha value is -1.27. The van der Waals surface area contributed by atoms with Crippen LogP contribution in [-0.2, 0) is 0 Å². The summed E-state index contributed by atoms with van der Waals surface area (Å²) < 4.78 is 0. The topological polar surface area (TPSA) is 105 Å². The molecule has 0 fully saturated rings. The maximum Gasteiger partial charge on any atom is 0.432 e. The van der Waals surface area contributed by atoms with E-state index >= 15 is 0 Å². The molecule has 0 bridgehead atoms. The lowest BCUT2D eigenvalue weighted by Crippen LogP contribution is -1.95. The summed E-state index contributed by atoms with van der Waals surface area (Å²) in [6.07, 6.45) is 1.60. The van der Waals surface area contributed by atoms with E-state index in [0.717, 1.165) is 0 Å². The van der Waals surface area contributed by atoms with E-state index in [1.807, 2.05) is 0 Å². The summed E-state index contributed by atoms with van der Waals surface area (Å²) in [5.74, 6) is 0.396. The van der Waals surface area contributed by atoms with Crippen LogP contribution in [0.25, 0.3) is 0 Å². The lowest BCUT2D eigenvalue weighted by molar-refractivity contribution is 0.448. The molecule has 0 spiro atoms. The van der Waals surface area contributed by atoms with E-state index < -0.39 is 7.69 Å². The second kappa shape index (κ2) is 5.51. The molecule has 1 heterocycles. The van der Waals surface area contributed by atoms with Crippen molar-refractivity contribution < 1.29 is 10.0 Å². The highest BCUT2D eigenvalue weighted by molar-refractivity contribution is 6.13. The van der Waals surface area contributed by atoms with Gasteiger partial charge in [-0.3, -0.25) is 0 Å². The van der Waals surface area contributed by atoms with E-state index in [-0.39, 0.29) is 0 Å². The monoisotopic (exact) mass is 155 g/mol. The number of anilines is 2. The van der Waals surface area contributed by atoms with E-state index in [9.17, 15) is 0 Å². The molecular weight excluding hydrogens is 145 g/mol. The van der Waals surface area contributed by atoms with E-state index in [4.69, 9.17) is 21.5 Å². The number of aromatic nitrogens is 1. The summed E-state index contributed by atoms with van der Waals surface area (Å²) >= 11 is 0. The molecule has 0 atom stereocenters. The van der Waals surface area contributed by atoms with Crippen LogP contribution in [0.3, 0.4) is 0 Å². The molecule has 11 heavy (non-hydrogen) atoms. The maximum atomic E-state index is 7.12. The van der Waals surface area contributed by atoms with Crippen LogP contribution < -0.4 is 11.5 Å². The lowest BCUT2D eigenvalue weighted by atomic mass is 10.4. The molecule has 1 rings (SSSR count). The van der Waals surface area contributed by atoms with Gasteiger partial charge in [-0.25, -0.2) is 4.98 Å². The Kier molecular flexibility index (Phi) is 4.88. The van der Waals surface area contributed by atoms with Gasteiger partial charge < -0.3 is 21.5 Å². The fourth-order valence-corrected chi connectivity index (χ4v) is 0.430. The first kappa shape index (κ1) is 9.73. The number of nitrogen functional groups attached to an aromatic ring is 2. The fourth-order valence-electron chi connectivity index (χ4n) is 0.430. The normalized spacial score (nSPS) is 7.82. The van der Waals surface area contributed by atoms with E-state index in [0.29, 0.717) is 11.5 Å². The number of hydrogen-bond acceptors (Lipinski definition) is 5. The van der Waals surface area contributed by atoms with Crippen molar-refractivity contribution in [1.29, 1.82) is 0 Å². The van der Waals surface area contributed by atoms with Gasteiger partial charge >= 0.3 is 7.69 Å². The molecule has 0 saturated carbocycles. The van der Waals surface area contributed by atoms with Gasteiger partial charge in [-0.15, -0.1) is 0 Å². The second-order valence-corrected chi connectivity index (χ2v) is 1.62. The van der Waals surface area contributed by atoms with Gasteiger partial charge in [0.1, 0.15) is 5.82 Å². The minimum atomic E-state index is -0.750. The molecule has 60 valence electrons. The molecule has 1 aromatic heterocycles. The van der Waals surface area contributed by atoms with Crippen LogP contribution in [0.1, 0.15) is 0 Å². The first-order chi connectivity index (χ1) is 5.22. The average Bonchev–Trinajstić information content (AvgIpc) is 1.97. The molecule has 6 N–H and O–H groups in total. The average molecular weight is 155 g/mol. The van der Waals surface area contributed by atoms with Crippen molar-refractivity contribution in [2.24, 2.45) is 0 Å². The molecule has 6 heteroatoms. The third-order valence-electron chi connectivity index (χ3n) is 0.871. The van der Waals surface area contributed by atoms with Crippen molar-refractivity contribution in [1.82, 2.24) is 4.98 Å². The highest BCUT2D eigenvalue weighted by Gasteiger charge is 1.87. The molecule has 0 radical (unpaired) electrons. The van der Waals surface area contributed by atoms with Gasteiger partial charge in [-0.05, 0) is 12.1 Å². The Balaban J connectivity index is 0.000000292. The predicted octanol–water partition coefficient (Wildman–Crippen LogP) is -1.52. The smallest absolute Gasteiger partial charge is 0.430 e. The Labute approximate surface area is 65.0 Å². The van der Waals surface area contributed by atoms with E-state index in [1.165, 1.54) is 0 Å². The molecule has 0 aliphatic heterocycles. The quantitative estimate of drug-likeness (QED) is 0.340. The predicted molar refractivity (Wildman–Crippen MR) is 44.6 cm³/mol. The standard InChI is InChI=1S/C5H7N3.BH3O2/c6-4-2-1-3-8-5(4)7;2-1-3/h1-3H,6H2,(H2,7,8);1-3H. The van der Waals surface area contributed by atoms with Gasteiger partial charge in [0, 0.05) is 6.20 Å². The fraction of sp³-hybridized carbons (Fsp3) is 0. The summed E-state index contributed by atoms with van der Waals surface area (Å²) in [6.45, 7) is 0. The minimum absolute atomic E-state index is 0.396. The Morgan fingerprint density at radius 1 is 1.36 bits per heavy atom. The Morgan fingerprint density at radius 2 is 1.91 bits per heavy atom. The van der Waals surface area contributed by atoms with Crippen LogP contribution in [0.15, 0.2) is 18.3 Å². The number of rotatable bonds is 0. The van der Waals surface area contributed by atoms with Gasteiger partial charge in [0.25, 0.3) is 0 Å². The maximum absolute atomic E-state index is 7.12. The van der Waals surface area contributed by atoms with Crippen LogP contribution in [0.4, 0.5) is 11.5 Å². The molecular formula is C5H10BN3O2. The van der Waals surface area contributed by atoms with Crippen molar-refractivity contribution in [2.75, 3.05) is 11.5 Å². The third kappa shape index (κ3) is 4.18. The Bertz CT molecular complexity index is 188. The highest BCUT2D eigenvalue weighted by Crippen LogP contribution is 2.06. The van der Waals surface area contributed by atoms with E-state index in [1.54, 1.807) is 18.3 Å². The van der Waals surface area contributed by atoms with Crippen LogP contribution in [0.2, 0.25) is 0 Å². The number of pyridine rings is 1. The SMILES string of the molecule is Nc1cccnc1N.OBO. The van der Waals surface area contributed by atoms with Crippen molar-refractivity contribution in [3.63, 3.8) is 0 Å². The first-order valence-corrected chi connectivity index (χ1v) is 2.90. The first-order valence-electron chi connectivity index (χ1n) is 2.90. The molecule has 0 unspecified atom stereocenters. The van der Waals surface area contributed by atoms with Crippen molar-refractivity contribution in [3.05, 3.63) is 18.3 Å². The summed E-state index contributed by atoms with van der Waals surface area (Å²) in [5.41, 5.74) is 11.2. The Morgan fingerprint density at radius 3 is 2.18 bits per heavy atom. The lowest BCUT2D eigenvalue weighted by Gasteiger charge is -1.92.